The van der Waals surface area contributed by atoms with E-state index in [9.17, 15) is 9.59 Å². The highest BCUT2D eigenvalue weighted by molar-refractivity contribution is 5.67. The molecule has 3 rings (SSSR count). The third-order valence-corrected chi connectivity index (χ3v) is 3.78. The number of fused-ring (bicyclic) bond motifs is 2. The number of rotatable bonds is 3. The highest BCUT2D eigenvalue weighted by Crippen LogP contribution is 2.35. The van der Waals surface area contributed by atoms with Crippen molar-refractivity contribution in [3.8, 4) is 5.75 Å². The zero-order chi connectivity index (χ0) is 14.1. The first-order valence-electron chi connectivity index (χ1n) is 6.89. The van der Waals surface area contributed by atoms with Crippen molar-refractivity contribution in [2.75, 3.05) is 0 Å². The van der Waals surface area contributed by atoms with Gasteiger partial charge in [0.1, 0.15) is 23.2 Å². The summed E-state index contributed by atoms with van der Waals surface area (Å²) in [5.41, 5.74) is 1.17. The van der Waals surface area contributed by atoms with Gasteiger partial charge < -0.3 is 14.3 Å². The Bertz CT molecular complexity index is 626. The van der Waals surface area contributed by atoms with E-state index in [2.05, 4.69) is 0 Å². The van der Waals surface area contributed by atoms with E-state index in [-0.39, 0.29) is 18.9 Å². The van der Waals surface area contributed by atoms with Gasteiger partial charge in [0.15, 0.2) is 0 Å². The number of carbonyl (C=O) groups is 1. The number of carboxylic acid groups (broad SMARTS) is 1. The zero-order valence-electron chi connectivity index (χ0n) is 11.1. The fourth-order valence-electron chi connectivity index (χ4n) is 2.75. The summed E-state index contributed by atoms with van der Waals surface area (Å²) in [6.45, 7) is 0. The molecule has 1 aliphatic carbocycles. The van der Waals surface area contributed by atoms with Crippen LogP contribution in [0.3, 0.4) is 0 Å². The van der Waals surface area contributed by atoms with E-state index in [4.69, 9.17) is 14.3 Å². The minimum atomic E-state index is -0.916. The minimum absolute atomic E-state index is 0.0605. The maximum Gasteiger partial charge on any atom is 0.347 e. The van der Waals surface area contributed by atoms with E-state index in [1.165, 1.54) is 0 Å². The third-order valence-electron chi connectivity index (χ3n) is 3.78. The average Bonchev–Trinajstić information content (AvgIpc) is 2.43. The average molecular weight is 276 g/mol. The maximum atomic E-state index is 12.0. The summed E-state index contributed by atoms with van der Waals surface area (Å²) in [6.07, 6.45) is 6.27. The van der Waals surface area contributed by atoms with Crippen molar-refractivity contribution < 1.29 is 19.1 Å². The monoisotopic (exact) mass is 276 g/mol. The van der Waals surface area contributed by atoms with Crippen LogP contribution in [0.2, 0.25) is 0 Å². The SMILES string of the molecule is O=C(O)CCc1cc2c(c(=O)o1)C=C1CCCCC1O2. The lowest BCUT2D eigenvalue weighted by molar-refractivity contribution is -0.137. The van der Waals surface area contributed by atoms with Gasteiger partial charge in [-0.25, -0.2) is 4.79 Å². The summed E-state index contributed by atoms with van der Waals surface area (Å²) in [5, 5.41) is 8.68. The first-order chi connectivity index (χ1) is 9.63. The normalized spacial score (nSPS) is 20.4. The molecule has 2 aliphatic rings. The van der Waals surface area contributed by atoms with Gasteiger partial charge in [0.2, 0.25) is 0 Å². The van der Waals surface area contributed by atoms with Crippen LogP contribution in [0.1, 0.15) is 43.4 Å². The van der Waals surface area contributed by atoms with Gasteiger partial charge in [-0.3, -0.25) is 4.79 Å². The predicted molar refractivity (Wildman–Crippen MR) is 71.8 cm³/mol. The first kappa shape index (κ1) is 13.0. The van der Waals surface area contributed by atoms with E-state index in [1.54, 1.807) is 6.07 Å². The molecular formula is C15H16O5. The van der Waals surface area contributed by atoms with Crippen LogP contribution < -0.4 is 10.4 Å². The molecule has 1 atom stereocenters. The Hall–Kier alpha value is -2.04. The smallest absolute Gasteiger partial charge is 0.347 e. The third kappa shape index (κ3) is 2.48. The van der Waals surface area contributed by atoms with Gasteiger partial charge in [-0.1, -0.05) is 0 Å². The van der Waals surface area contributed by atoms with Gasteiger partial charge in [0, 0.05) is 12.5 Å². The van der Waals surface area contributed by atoms with E-state index < -0.39 is 11.6 Å². The Kier molecular flexibility index (Phi) is 3.34. The molecular weight excluding hydrogens is 260 g/mol. The molecule has 0 radical (unpaired) electrons. The molecule has 106 valence electrons. The molecule has 0 spiro atoms. The standard InChI is InChI=1S/C15H16O5/c16-14(17)6-5-10-8-13-11(15(18)19-10)7-9-3-1-2-4-12(9)20-13/h7-8,12H,1-6H2,(H,16,17). The van der Waals surface area contributed by atoms with Crippen molar-refractivity contribution in [3.63, 3.8) is 0 Å². The summed E-state index contributed by atoms with van der Waals surface area (Å²) >= 11 is 0. The van der Waals surface area contributed by atoms with E-state index in [0.29, 0.717) is 17.1 Å². The van der Waals surface area contributed by atoms with E-state index in [0.717, 1.165) is 31.3 Å². The summed E-state index contributed by atoms with van der Waals surface area (Å²) < 4.78 is 11.1. The summed E-state index contributed by atoms with van der Waals surface area (Å²) in [7, 11) is 0. The number of aryl methyl sites for hydroxylation is 1. The first-order valence-corrected chi connectivity index (χ1v) is 6.89. The molecule has 1 unspecified atom stereocenters. The Morgan fingerprint density at radius 3 is 3.05 bits per heavy atom. The Morgan fingerprint density at radius 2 is 2.25 bits per heavy atom. The Morgan fingerprint density at radius 1 is 1.40 bits per heavy atom. The number of hydrogen-bond donors (Lipinski definition) is 1. The number of hydrogen-bond acceptors (Lipinski definition) is 4. The molecule has 0 saturated heterocycles. The molecule has 5 nitrogen and oxygen atoms in total. The van der Waals surface area contributed by atoms with Gasteiger partial charge in [-0.2, -0.15) is 0 Å². The molecule has 1 aromatic rings. The largest absolute Gasteiger partial charge is 0.485 e. The molecule has 1 fully saturated rings. The number of carboxylic acids is 1. The van der Waals surface area contributed by atoms with Crippen LogP contribution in [0.4, 0.5) is 0 Å². The summed E-state index contributed by atoms with van der Waals surface area (Å²) in [6, 6.07) is 1.65. The summed E-state index contributed by atoms with van der Waals surface area (Å²) in [5.74, 6) is -0.0261. The second kappa shape index (κ2) is 5.15. The molecule has 0 aromatic carbocycles. The lowest BCUT2D eigenvalue weighted by Gasteiger charge is -2.30. The van der Waals surface area contributed by atoms with Crippen LogP contribution in [0.5, 0.6) is 5.75 Å². The molecule has 0 amide bonds. The Balaban J connectivity index is 1.92. The molecule has 20 heavy (non-hydrogen) atoms. The van der Waals surface area contributed by atoms with Gasteiger partial charge in [-0.15, -0.1) is 0 Å². The lowest BCUT2D eigenvalue weighted by atomic mass is 9.89. The van der Waals surface area contributed by atoms with Crippen molar-refractivity contribution >= 4 is 12.0 Å². The topological polar surface area (TPSA) is 76.7 Å². The van der Waals surface area contributed by atoms with Crippen LogP contribution in [-0.4, -0.2) is 17.2 Å². The molecule has 5 heteroatoms. The number of aliphatic carboxylic acids is 1. The highest BCUT2D eigenvalue weighted by Gasteiger charge is 2.27. The minimum Gasteiger partial charge on any atom is -0.485 e. The van der Waals surface area contributed by atoms with Gasteiger partial charge in [0.05, 0.1) is 6.42 Å². The van der Waals surface area contributed by atoms with Crippen molar-refractivity contribution in [1.29, 1.82) is 0 Å². The lowest BCUT2D eigenvalue weighted by Crippen LogP contribution is -2.27. The van der Waals surface area contributed by atoms with Crippen molar-refractivity contribution in [1.82, 2.24) is 0 Å². The number of ether oxygens (including phenoxy) is 1. The molecule has 2 heterocycles. The van der Waals surface area contributed by atoms with Gasteiger partial charge in [-0.05, 0) is 37.3 Å². The quantitative estimate of drug-likeness (QED) is 0.917. The second-order valence-corrected chi connectivity index (χ2v) is 5.24. The van der Waals surface area contributed by atoms with Crippen LogP contribution in [0.15, 0.2) is 20.9 Å². The van der Waals surface area contributed by atoms with Crippen molar-refractivity contribution in [3.05, 3.63) is 33.4 Å². The fourth-order valence-corrected chi connectivity index (χ4v) is 2.75. The maximum absolute atomic E-state index is 12.0. The van der Waals surface area contributed by atoms with Crippen molar-refractivity contribution in [2.45, 2.75) is 44.6 Å². The molecule has 1 aliphatic heterocycles. The summed E-state index contributed by atoms with van der Waals surface area (Å²) in [4.78, 5) is 22.5. The van der Waals surface area contributed by atoms with Crippen molar-refractivity contribution in [2.24, 2.45) is 0 Å². The van der Waals surface area contributed by atoms with Crippen LogP contribution >= 0.6 is 0 Å². The van der Waals surface area contributed by atoms with Gasteiger partial charge >= 0.3 is 11.6 Å². The Labute approximate surface area is 115 Å². The second-order valence-electron chi connectivity index (χ2n) is 5.24. The fraction of sp³-hybridized carbons (Fsp3) is 0.467. The highest BCUT2D eigenvalue weighted by atomic mass is 16.5. The van der Waals surface area contributed by atoms with Crippen LogP contribution in [0, 0.1) is 0 Å². The predicted octanol–water partition coefficient (Wildman–Crippen LogP) is 2.38. The van der Waals surface area contributed by atoms with Crippen LogP contribution in [0.25, 0.3) is 6.08 Å². The van der Waals surface area contributed by atoms with Gasteiger partial charge in [0.25, 0.3) is 0 Å². The van der Waals surface area contributed by atoms with Crippen LogP contribution in [-0.2, 0) is 11.2 Å². The molecule has 1 aromatic heterocycles. The molecule has 1 N–H and O–H groups in total. The van der Waals surface area contributed by atoms with E-state index >= 15 is 0 Å². The zero-order valence-corrected chi connectivity index (χ0v) is 11.1. The molecule has 1 saturated carbocycles. The molecule has 0 bridgehead atoms. The van der Waals surface area contributed by atoms with E-state index in [1.807, 2.05) is 6.08 Å².